The van der Waals surface area contributed by atoms with Crippen molar-refractivity contribution < 1.29 is 5.11 Å². The van der Waals surface area contributed by atoms with Crippen molar-refractivity contribution in [3.05, 3.63) is 0 Å². The highest BCUT2D eigenvalue weighted by Gasteiger charge is 2.59. The quantitative estimate of drug-likeness (QED) is 0.789. The molecule has 3 N–H and O–H groups in total. The lowest BCUT2D eigenvalue weighted by atomic mass is 9.59. The number of hydrogen-bond acceptors (Lipinski definition) is 2. The van der Waals surface area contributed by atoms with E-state index < -0.39 is 5.60 Å². The Bertz CT molecular complexity index is 297. The molecule has 0 heterocycles. The lowest BCUT2D eigenvalue weighted by molar-refractivity contribution is -0.115. The maximum absolute atomic E-state index is 11.0. The van der Waals surface area contributed by atoms with E-state index >= 15 is 0 Å². The average Bonchev–Trinajstić information content (AvgIpc) is 2.83. The van der Waals surface area contributed by atoms with Crippen LogP contribution in [-0.2, 0) is 0 Å². The molecule has 0 aromatic rings. The molecule has 0 radical (unpaired) electrons. The summed E-state index contributed by atoms with van der Waals surface area (Å²) < 4.78 is 0. The van der Waals surface area contributed by atoms with E-state index in [1.165, 1.54) is 44.9 Å². The van der Waals surface area contributed by atoms with Crippen molar-refractivity contribution in [2.24, 2.45) is 28.9 Å². The van der Waals surface area contributed by atoms with Crippen molar-refractivity contribution in [3.63, 3.8) is 0 Å². The van der Waals surface area contributed by atoms with Gasteiger partial charge in [-0.2, -0.15) is 0 Å². The van der Waals surface area contributed by atoms with E-state index in [4.69, 9.17) is 5.73 Å². The monoisotopic (exact) mass is 237 g/mol. The van der Waals surface area contributed by atoms with E-state index in [1.807, 2.05) is 0 Å². The Morgan fingerprint density at radius 3 is 2.47 bits per heavy atom. The molecule has 2 heteroatoms. The van der Waals surface area contributed by atoms with Gasteiger partial charge in [-0.25, -0.2) is 0 Å². The first-order valence-corrected chi connectivity index (χ1v) is 7.50. The van der Waals surface area contributed by atoms with Crippen molar-refractivity contribution in [1.82, 2.24) is 0 Å². The van der Waals surface area contributed by atoms with Crippen LogP contribution in [0.25, 0.3) is 0 Å². The second-order valence-corrected chi connectivity index (χ2v) is 7.22. The van der Waals surface area contributed by atoms with Gasteiger partial charge < -0.3 is 10.8 Å². The molecule has 0 aromatic heterocycles. The second-order valence-electron chi connectivity index (χ2n) is 7.22. The third-order valence-electron chi connectivity index (χ3n) is 6.32. The summed E-state index contributed by atoms with van der Waals surface area (Å²) in [7, 11) is 0. The van der Waals surface area contributed by atoms with Crippen LogP contribution in [0.5, 0.6) is 0 Å². The Hall–Kier alpha value is -0.0800. The van der Waals surface area contributed by atoms with Gasteiger partial charge in [0.25, 0.3) is 0 Å². The van der Waals surface area contributed by atoms with Crippen molar-refractivity contribution >= 4 is 0 Å². The van der Waals surface area contributed by atoms with Crippen LogP contribution in [0.2, 0.25) is 0 Å². The predicted molar refractivity (Wildman–Crippen MR) is 69.5 cm³/mol. The van der Waals surface area contributed by atoms with Crippen LogP contribution in [0.3, 0.4) is 0 Å². The van der Waals surface area contributed by atoms with Crippen LogP contribution >= 0.6 is 0 Å². The highest BCUT2D eigenvalue weighted by atomic mass is 16.3. The minimum Gasteiger partial charge on any atom is -0.390 e. The Labute approximate surface area is 105 Å². The number of hydrogen-bond donors (Lipinski definition) is 2. The summed E-state index contributed by atoms with van der Waals surface area (Å²) in [5, 5.41) is 11.0. The van der Waals surface area contributed by atoms with E-state index in [1.54, 1.807) is 0 Å². The summed E-state index contributed by atoms with van der Waals surface area (Å²) in [6.07, 6.45) is 10.2. The second kappa shape index (κ2) is 3.96. The van der Waals surface area contributed by atoms with Gasteiger partial charge in [0.1, 0.15) is 0 Å². The Kier molecular flexibility index (Phi) is 2.79. The lowest BCUT2D eigenvalue weighted by Crippen LogP contribution is -2.55. The van der Waals surface area contributed by atoms with Crippen LogP contribution in [0.1, 0.15) is 58.3 Å². The third-order valence-corrected chi connectivity index (χ3v) is 6.32. The summed E-state index contributed by atoms with van der Waals surface area (Å²) in [6, 6.07) is 0. The maximum Gasteiger partial charge on any atom is 0.0693 e. The van der Waals surface area contributed by atoms with Gasteiger partial charge >= 0.3 is 0 Å². The normalized spacial score (nSPS) is 44.6. The molecule has 3 aliphatic rings. The first kappa shape index (κ1) is 12.0. The highest BCUT2D eigenvalue weighted by molar-refractivity contribution is 5.10. The molecule has 98 valence electrons. The van der Waals surface area contributed by atoms with Gasteiger partial charge in [0.2, 0.25) is 0 Å². The summed E-state index contributed by atoms with van der Waals surface area (Å²) in [5.74, 6) is 2.33. The molecule has 0 aliphatic heterocycles. The van der Waals surface area contributed by atoms with Crippen molar-refractivity contribution in [2.45, 2.75) is 63.9 Å². The fraction of sp³-hybridized carbons (Fsp3) is 1.00. The smallest absolute Gasteiger partial charge is 0.0693 e. The van der Waals surface area contributed by atoms with Crippen molar-refractivity contribution in [2.75, 3.05) is 6.54 Å². The first-order chi connectivity index (χ1) is 8.07. The van der Waals surface area contributed by atoms with Crippen LogP contribution < -0.4 is 5.73 Å². The Balaban J connectivity index is 1.78. The van der Waals surface area contributed by atoms with Crippen LogP contribution in [-0.4, -0.2) is 17.3 Å². The van der Waals surface area contributed by atoms with Crippen molar-refractivity contribution in [1.29, 1.82) is 0 Å². The molecule has 3 aliphatic carbocycles. The maximum atomic E-state index is 11.0. The minimum atomic E-state index is -0.521. The molecule has 3 saturated carbocycles. The van der Waals surface area contributed by atoms with Gasteiger partial charge in [-0.3, -0.25) is 0 Å². The molecule has 3 rings (SSSR count). The largest absolute Gasteiger partial charge is 0.390 e. The number of nitrogens with two attached hydrogens (primary N) is 1. The molecular formula is C15H27NO. The highest BCUT2D eigenvalue weighted by Crippen LogP contribution is 2.61. The van der Waals surface area contributed by atoms with E-state index in [2.05, 4.69) is 6.92 Å². The summed E-state index contributed by atoms with van der Waals surface area (Å²) >= 11 is 0. The summed E-state index contributed by atoms with van der Waals surface area (Å²) in [6.45, 7) is 2.77. The summed E-state index contributed by atoms with van der Waals surface area (Å²) in [4.78, 5) is 0. The van der Waals surface area contributed by atoms with E-state index in [-0.39, 0.29) is 5.41 Å². The zero-order chi connectivity index (χ0) is 12.1. The minimum absolute atomic E-state index is 0.0471. The standard InChI is InChI=1S/C15H27NO/c1-14(17,8-11-3-2-4-11)15(10-16)9-12-5-6-13(15)7-12/h11-13,17H,2-10,16H2,1H3. The zero-order valence-corrected chi connectivity index (χ0v) is 11.1. The molecule has 3 fully saturated rings. The predicted octanol–water partition coefficient (Wildman–Crippen LogP) is 2.69. The SMILES string of the molecule is CC(O)(CC1CCC1)C1(CN)CC2CCC1C2. The van der Waals surface area contributed by atoms with Gasteiger partial charge in [-0.05, 0) is 50.4 Å². The van der Waals surface area contributed by atoms with E-state index in [0.717, 1.165) is 18.3 Å². The van der Waals surface area contributed by atoms with Crippen LogP contribution in [0, 0.1) is 23.2 Å². The molecule has 17 heavy (non-hydrogen) atoms. The van der Waals surface area contributed by atoms with Gasteiger partial charge in [0, 0.05) is 12.0 Å². The molecule has 0 saturated heterocycles. The first-order valence-electron chi connectivity index (χ1n) is 7.50. The molecule has 2 bridgehead atoms. The fourth-order valence-corrected chi connectivity index (χ4v) is 5.04. The number of rotatable bonds is 4. The van der Waals surface area contributed by atoms with Crippen molar-refractivity contribution in [3.8, 4) is 0 Å². The number of aliphatic hydroxyl groups is 1. The van der Waals surface area contributed by atoms with E-state index in [0.29, 0.717) is 12.5 Å². The third kappa shape index (κ3) is 1.67. The molecule has 4 unspecified atom stereocenters. The zero-order valence-electron chi connectivity index (χ0n) is 11.1. The molecular weight excluding hydrogens is 210 g/mol. The summed E-state index contributed by atoms with van der Waals surface area (Å²) in [5.41, 5.74) is 5.64. The Morgan fingerprint density at radius 1 is 1.29 bits per heavy atom. The molecule has 2 nitrogen and oxygen atoms in total. The lowest BCUT2D eigenvalue weighted by Gasteiger charge is -2.50. The topological polar surface area (TPSA) is 46.2 Å². The van der Waals surface area contributed by atoms with Gasteiger partial charge in [-0.15, -0.1) is 0 Å². The molecule has 4 atom stereocenters. The van der Waals surface area contributed by atoms with Crippen LogP contribution in [0.4, 0.5) is 0 Å². The number of fused-ring (bicyclic) bond motifs is 2. The van der Waals surface area contributed by atoms with E-state index in [9.17, 15) is 5.11 Å². The molecule has 0 amide bonds. The fourth-order valence-electron chi connectivity index (χ4n) is 5.04. The van der Waals surface area contributed by atoms with Gasteiger partial charge in [0.05, 0.1) is 5.60 Å². The van der Waals surface area contributed by atoms with Gasteiger partial charge in [-0.1, -0.05) is 25.7 Å². The van der Waals surface area contributed by atoms with Crippen LogP contribution in [0.15, 0.2) is 0 Å². The molecule has 0 spiro atoms. The average molecular weight is 237 g/mol. The Morgan fingerprint density at radius 2 is 2.06 bits per heavy atom. The molecule has 0 aromatic carbocycles. The van der Waals surface area contributed by atoms with Gasteiger partial charge in [0.15, 0.2) is 0 Å².